The van der Waals surface area contributed by atoms with E-state index in [1.807, 2.05) is 25.1 Å². The number of nitrogens with zero attached hydrogens (tertiary/aromatic N) is 1. The van der Waals surface area contributed by atoms with Gasteiger partial charge in [0, 0.05) is 23.6 Å². The van der Waals surface area contributed by atoms with Crippen molar-refractivity contribution < 1.29 is 19.2 Å². The van der Waals surface area contributed by atoms with Crippen LogP contribution in [0.1, 0.15) is 54.4 Å². The molecule has 0 bridgehead atoms. The molecular weight excluding hydrogens is 394 g/mol. The Balaban J connectivity index is 1.66. The molecule has 0 aliphatic heterocycles. The molecule has 0 radical (unpaired) electrons. The number of hydrogen-bond acceptors (Lipinski definition) is 5. The maximum Gasteiger partial charge on any atom is 0.338 e. The van der Waals surface area contributed by atoms with Gasteiger partial charge in [0.15, 0.2) is 0 Å². The number of ether oxygens (including phenoxy) is 2. The summed E-state index contributed by atoms with van der Waals surface area (Å²) in [5.74, 6) is 0.415. The van der Waals surface area contributed by atoms with E-state index in [1.165, 1.54) is 24.3 Å². The first-order chi connectivity index (χ1) is 15.1. The molecule has 1 fully saturated rings. The van der Waals surface area contributed by atoms with Gasteiger partial charge in [-0.1, -0.05) is 36.8 Å². The number of benzene rings is 3. The fraction of sp³-hybridized carbons (Fsp3) is 0.320. The van der Waals surface area contributed by atoms with Crippen LogP contribution in [0.15, 0.2) is 60.7 Å². The van der Waals surface area contributed by atoms with Gasteiger partial charge in [0.1, 0.15) is 11.9 Å². The maximum absolute atomic E-state index is 12.8. The molecule has 6 nitrogen and oxygen atoms in total. The van der Waals surface area contributed by atoms with Crippen LogP contribution in [0, 0.1) is 10.1 Å². The largest absolute Gasteiger partial charge is 0.494 e. The third-order valence-corrected chi connectivity index (χ3v) is 5.88. The molecule has 0 saturated heterocycles. The molecule has 0 aromatic heterocycles. The van der Waals surface area contributed by atoms with Crippen LogP contribution in [0.4, 0.5) is 5.69 Å². The van der Waals surface area contributed by atoms with E-state index >= 15 is 0 Å². The van der Waals surface area contributed by atoms with Crippen LogP contribution >= 0.6 is 0 Å². The summed E-state index contributed by atoms with van der Waals surface area (Å²) in [4.78, 5) is 23.2. The van der Waals surface area contributed by atoms with Crippen molar-refractivity contribution in [3.8, 4) is 5.75 Å². The highest BCUT2D eigenvalue weighted by Gasteiger charge is 2.33. The lowest BCUT2D eigenvalue weighted by molar-refractivity contribution is -0.384. The van der Waals surface area contributed by atoms with E-state index < -0.39 is 10.9 Å². The highest BCUT2D eigenvalue weighted by molar-refractivity contribution is 5.90. The van der Waals surface area contributed by atoms with Crippen molar-refractivity contribution in [1.29, 1.82) is 0 Å². The fourth-order valence-electron chi connectivity index (χ4n) is 4.43. The molecule has 0 N–H and O–H groups in total. The summed E-state index contributed by atoms with van der Waals surface area (Å²) in [6.45, 7) is 2.53. The molecule has 1 aliphatic rings. The van der Waals surface area contributed by atoms with E-state index in [4.69, 9.17) is 9.47 Å². The Morgan fingerprint density at radius 2 is 1.77 bits per heavy atom. The van der Waals surface area contributed by atoms with Gasteiger partial charge in [-0.25, -0.2) is 4.79 Å². The molecule has 160 valence electrons. The van der Waals surface area contributed by atoms with Crippen molar-refractivity contribution in [3.63, 3.8) is 0 Å². The fourth-order valence-corrected chi connectivity index (χ4v) is 4.43. The molecule has 0 heterocycles. The second-order valence-corrected chi connectivity index (χ2v) is 7.77. The number of carbonyl (C=O) groups is 1. The van der Waals surface area contributed by atoms with Crippen LogP contribution in [-0.2, 0) is 4.74 Å². The Bertz CT molecular complexity index is 1090. The van der Waals surface area contributed by atoms with Crippen molar-refractivity contribution >= 4 is 22.4 Å². The smallest absolute Gasteiger partial charge is 0.338 e. The van der Waals surface area contributed by atoms with Crippen LogP contribution in [0.25, 0.3) is 10.8 Å². The molecule has 3 aromatic rings. The molecule has 0 unspecified atom stereocenters. The molecule has 0 spiro atoms. The second kappa shape index (κ2) is 9.16. The Kier molecular flexibility index (Phi) is 6.16. The van der Waals surface area contributed by atoms with Gasteiger partial charge in [0.05, 0.1) is 17.1 Å². The molecule has 3 aromatic carbocycles. The minimum absolute atomic E-state index is 0.0309. The monoisotopic (exact) mass is 419 g/mol. The molecule has 31 heavy (non-hydrogen) atoms. The van der Waals surface area contributed by atoms with Gasteiger partial charge in [0.2, 0.25) is 0 Å². The molecule has 0 amide bonds. The van der Waals surface area contributed by atoms with Gasteiger partial charge in [-0.3, -0.25) is 10.1 Å². The predicted molar refractivity (Wildman–Crippen MR) is 119 cm³/mol. The summed E-state index contributed by atoms with van der Waals surface area (Å²) in [5, 5.41) is 13.1. The average Bonchev–Trinajstić information content (AvgIpc) is 2.80. The minimum Gasteiger partial charge on any atom is -0.494 e. The van der Waals surface area contributed by atoms with Gasteiger partial charge < -0.3 is 9.47 Å². The van der Waals surface area contributed by atoms with Crippen LogP contribution < -0.4 is 4.74 Å². The van der Waals surface area contributed by atoms with E-state index in [1.54, 1.807) is 0 Å². The van der Waals surface area contributed by atoms with Gasteiger partial charge in [-0.05, 0) is 55.2 Å². The van der Waals surface area contributed by atoms with Crippen molar-refractivity contribution in [1.82, 2.24) is 0 Å². The lowest BCUT2D eigenvalue weighted by Crippen LogP contribution is -2.29. The number of non-ortho nitro benzene ring substituents is 1. The van der Waals surface area contributed by atoms with Crippen molar-refractivity contribution in [3.05, 3.63) is 81.9 Å². The number of esters is 1. The Hall–Kier alpha value is -3.41. The maximum atomic E-state index is 12.8. The summed E-state index contributed by atoms with van der Waals surface area (Å²) < 4.78 is 11.9. The Morgan fingerprint density at radius 3 is 2.52 bits per heavy atom. The van der Waals surface area contributed by atoms with Crippen LogP contribution in [-0.4, -0.2) is 23.6 Å². The van der Waals surface area contributed by atoms with Gasteiger partial charge >= 0.3 is 5.97 Å². The zero-order valence-corrected chi connectivity index (χ0v) is 17.5. The number of nitro groups is 1. The number of carbonyl (C=O) groups excluding carboxylic acids is 1. The zero-order valence-electron chi connectivity index (χ0n) is 17.5. The molecule has 1 saturated carbocycles. The highest BCUT2D eigenvalue weighted by atomic mass is 16.6. The minimum atomic E-state index is -0.484. The SMILES string of the molecule is CCOc1ccc2ccccc2c1[C@H]1CCCC[C@H]1OC(=O)c1ccc([N+](=O)[O-])cc1. The quantitative estimate of drug-likeness (QED) is 0.277. The van der Waals surface area contributed by atoms with Crippen LogP contribution in [0.2, 0.25) is 0 Å². The lowest BCUT2D eigenvalue weighted by Gasteiger charge is -2.33. The zero-order chi connectivity index (χ0) is 21.8. The Morgan fingerprint density at radius 1 is 1.03 bits per heavy atom. The number of hydrogen-bond donors (Lipinski definition) is 0. The van der Waals surface area contributed by atoms with Crippen molar-refractivity contribution in [2.45, 2.75) is 44.6 Å². The van der Waals surface area contributed by atoms with E-state index in [0.717, 1.165) is 47.8 Å². The van der Waals surface area contributed by atoms with Crippen molar-refractivity contribution in [2.75, 3.05) is 6.61 Å². The third kappa shape index (κ3) is 4.38. The second-order valence-electron chi connectivity index (χ2n) is 7.77. The number of nitro benzene ring substituents is 1. The first-order valence-corrected chi connectivity index (χ1v) is 10.7. The lowest BCUT2D eigenvalue weighted by atomic mass is 9.79. The first kappa shape index (κ1) is 20.8. The standard InChI is InChI=1S/C25H25NO5/c1-2-30-23-16-13-17-7-3-4-8-20(17)24(23)21-9-5-6-10-22(21)31-25(27)18-11-14-19(15-12-18)26(28)29/h3-4,7-8,11-16,21-22H,2,5-6,9-10H2,1H3/t21-,22+/m0/s1. The van der Waals surface area contributed by atoms with Crippen molar-refractivity contribution in [2.24, 2.45) is 0 Å². The molecule has 4 rings (SSSR count). The predicted octanol–water partition coefficient (Wildman–Crippen LogP) is 6.03. The molecule has 1 aliphatic carbocycles. The van der Waals surface area contributed by atoms with E-state index in [-0.39, 0.29) is 17.7 Å². The molecular formula is C25H25NO5. The topological polar surface area (TPSA) is 78.7 Å². The van der Waals surface area contributed by atoms with E-state index in [0.29, 0.717) is 12.2 Å². The molecule has 6 heteroatoms. The van der Waals surface area contributed by atoms with E-state index in [2.05, 4.69) is 18.2 Å². The van der Waals surface area contributed by atoms with E-state index in [9.17, 15) is 14.9 Å². The van der Waals surface area contributed by atoms with Gasteiger partial charge in [0.25, 0.3) is 5.69 Å². The van der Waals surface area contributed by atoms with Crippen LogP contribution in [0.3, 0.4) is 0 Å². The first-order valence-electron chi connectivity index (χ1n) is 10.7. The summed E-state index contributed by atoms with van der Waals surface area (Å²) in [6, 6.07) is 17.8. The number of rotatable bonds is 6. The summed E-state index contributed by atoms with van der Waals surface area (Å²) in [6.07, 6.45) is 3.46. The summed E-state index contributed by atoms with van der Waals surface area (Å²) >= 11 is 0. The summed E-state index contributed by atoms with van der Waals surface area (Å²) in [5.41, 5.74) is 1.36. The third-order valence-electron chi connectivity index (χ3n) is 5.88. The highest BCUT2D eigenvalue weighted by Crippen LogP contribution is 2.43. The Labute approximate surface area is 180 Å². The van der Waals surface area contributed by atoms with Gasteiger partial charge in [-0.2, -0.15) is 0 Å². The normalized spacial score (nSPS) is 18.5. The van der Waals surface area contributed by atoms with Crippen LogP contribution in [0.5, 0.6) is 5.75 Å². The number of fused-ring (bicyclic) bond motifs is 1. The summed E-state index contributed by atoms with van der Waals surface area (Å²) in [7, 11) is 0. The molecule has 2 atom stereocenters. The average molecular weight is 419 g/mol. The van der Waals surface area contributed by atoms with Gasteiger partial charge in [-0.15, -0.1) is 0 Å².